The van der Waals surface area contributed by atoms with Crippen molar-refractivity contribution >= 4 is 83.5 Å². The summed E-state index contributed by atoms with van der Waals surface area (Å²) in [5.41, 5.74) is 16.5. The molecule has 0 fully saturated rings. The number of hydrogen-bond donors (Lipinski definition) is 0. The molecule has 0 radical (unpaired) electrons. The number of fused-ring (bicyclic) bond motifs is 6. The second-order valence-corrected chi connectivity index (χ2v) is 17.1. The number of allylic oxidation sites excluding steroid dienone is 1. The number of para-hydroxylation sites is 2. The van der Waals surface area contributed by atoms with Crippen molar-refractivity contribution in [1.29, 1.82) is 5.26 Å². The average molecular weight is 874 g/mol. The van der Waals surface area contributed by atoms with Crippen LogP contribution < -0.4 is 4.90 Å². The summed E-state index contributed by atoms with van der Waals surface area (Å²) in [5, 5.41) is 15.6. The minimum Gasteiger partial charge on any atom is -0.308 e. The highest BCUT2D eigenvalue weighted by Crippen LogP contribution is 2.46. The van der Waals surface area contributed by atoms with E-state index in [1.165, 1.54) is 38.8 Å². The minimum absolute atomic E-state index is 0.605. The smallest absolute Gasteiger partial charge is 0.129 e. The fraction of sp³-hybridized carbons (Fsp3) is 0. The Hall–Kier alpha value is -8.89. The standard InChI is InChI=1S/C61H39N5S/c62-40-55(57(45-19-7-2-8-20-45)46-21-9-3-10-22-46)44-30-35-49(36-31-44)65(48-33-28-42(29-34-48)41-16-5-1-6-17-41)56-39-38-51(58-59(56)64-67-63-58)52-26-15-27-53-54-37-32-43-18-13-14-25-50(43)60(54)66(61(52)53)47-23-11-4-12-24-47/h1-39H. The molecular formula is C61H39N5S. The van der Waals surface area contributed by atoms with Crippen molar-refractivity contribution in [2.75, 3.05) is 4.90 Å². The van der Waals surface area contributed by atoms with Crippen LogP contribution in [0.15, 0.2) is 237 Å². The molecular weight excluding hydrogens is 835 g/mol. The largest absolute Gasteiger partial charge is 0.308 e. The summed E-state index contributed by atoms with van der Waals surface area (Å²) >= 11 is 1.23. The molecule has 0 aliphatic carbocycles. The van der Waals surface area contributed by atoms with Crippen molar-refractivity contribution in [3.8, 4) is 34.0 Å². The minimum atomic E-state index is 0.605. The molecule has 67 heavy (non-hydrogen) atoms. The summed E-state index contributed by atoms with van der Waals surface area (Å²) < 4.78 is 12.6. The van der Waals surface area contributed by atoms with E-state index in [9.17, 15) is 5.26 Å². The van der Waals surface area contributed by atoms with Crippen LogP contribution in [0.2, 0.25) is 0 Å². The van der Waals surface area contributed by atoms with Gasteiger partial charge in [0, 0.05) is 49.9 Å². The number of anilines is 3. The summed E-state index contributed by atoms with van der Waals surface area (Å²) in [5.74, 6) is 0. The average Bonchev–Trinajstić information content (AvgIpc) is 4.04. The Balaban J connectivity index is 1.05. The first-order chi connectivity index (χ1) is 33.2. The molecule has 5 nitrogen and oxygen atoms in total. The molecule has 12 aromatic rings. The van der Waals surface area contributed by atoms with Gasteiger partial charge >= 0.3 is 0 Å². The summed E-state index contributed by atoms with van der Waals surface area (Å²) in [6, 6.07) is 85.2. The van der Waals surface area contributed by atoms with E-state index in [0.717, 1.165) is 83.8 Å². The highest BCUT2D eigenvalue weighted by Gasteiger charge is 2.24. The van der Waals surface area contributed by atoms with E-state index < -0.39 is 0 Å². The van der Waals surface area contributed by atoms with E-state index in [0.29, 0.717) is 5.57 Å². The second kappa shape index (κ2) is 16.9. The molecule has 6 heteroatoms. The van der Waals surface area contributed by atoms with Gasteiger partial charge in [0.1, 0.15) is 17.1 Å². The van der Waals surface area contributed by atoms with Crippen molar-refractivity contribution in [3.05, 3.63) is 253 Å². The van der Waals surface area contributed by atoms with Crippen molar-refractivity contribution in [3.63, 3.8) is 0 Å². The zero-order chi connectivity index (χ0) is 44.7. The van der Waals surface area contributed by atoms with Gasteiger partial charge in [-0.25, -0.2) is 0 Å². The van der Waals surface area contributed by atoms with Crippen molar-refractivity contribution in [1.82, 2.24) is 13.3 Å². The molecule has 12 rings (SSSR count). The summed E-state index contributed by atoms with van der Waals surface area (Å²) in [7, 11) is 0. The van der Waals surface area contributed by atoms with Crippen LogP contribution in [0.25, 0.3) is 82.7 Å². The monoisotopic (exact) mass is 873 g/mol. The maximum absolute atomic E-state index is 10.8. The van der Waals surface area contributed by atoms with Crippen molar-refractivity contribution < 1.29 is 0 Å². The van der Waals surface area contributed by atoms with Gasteiger partial charge in [-0.05, 0) is 81.7 Å². The lowest BCUT2D eigenvalue weighted by molar-refractivity contribution is 1.19. The molecule has 0 N–H and O–H groups in total. The Kier molecular flexibility index (Phi) is 10.0. The van der Waals surface area contributed by atoms with E-state index in [4.69, 9.17) is 8.75 Å². The highest BCUT2D eigenvalue weighted by molar-refractivity contribution is 7.00. The molecule has 0 aliphatic rings. The summed E-state index contributed by atoms with van der Waals surface area (Å²) in [6.07, 6.45) is 0. The van der Waals surface area contributed by atoms with E-state index >= 15 is 0 Å². The first-order valence-corrected chi connectivity index (χ1v) is 23.0. The summed E-state index contributed by atoms with van der Waals surface area (Å²) in [6.45, 7) is 0. The maximum atomic E-state index is 10.8. The predicted molar refractivity (Wildman–Crippen MR) is 279 cm³/mol. The number of nitrogens with zero attached hydrogens (tertiary/aromatic N) is 5. The molecule has 2 heterocycles. The zero-order valence-corrected chi connectivity index (χ0v) is 37.0. The first-order valence-electron chi connectivity index (χ1n) is 22.3. The van der Waals surface area contributed by atoms with E-state index in [1.54, 1.807) is 0 Å². The van der Waals surface area contributed by atoms with Crippen LogP contribution >= 0.6 is 11.7 Å². The molecule has 0 aliphatic heterocycles. The van der Waals surface area contributed by atoms with Gasteiger partial charge in [0.15, 0.2) is 0 Å². The van der Waals surface area contributed by atoms with Gasteiger partial charge in [-0.1, -0.05) is 188 Å². The molecule has 0 bridgehead atoms. The van der Waals surface area contributed by atoms with Gasteiger partial charge < -0.3 is 9.47 Å². The van der Waals surface area contributed by atoms with E-state index in [1.807, 2.05) is 42.5 Å². The normalized spacial score (nSPS) is 11.3. The Morgan fingerprint density at radius 3 is 1.69 bits per heavy atom. The third-order valence-corrected chi connectivity index (χ3v) is 13.3. The van der Waals surface area contributed by atoms with Crippen LogP contribution in [0, 0.1) is 11.3 Å². The highest BCUT2D eigenvalue weighted by atomic mass is 32.1. The number of rotatable bonds is 9. The first kappa shape index (κ1) is 39.7. The van der Waals surface area contributed by atoms with Gasteiger partial charge in [0.05, 0.1) is 34.0 Å². The third kappa shape index (κ3) is 6.94. The number of nitriles is 1. The maximum Gasteiger partial charge on any atom is 0.129 e. The van der Waals surface area contributed by atoms with Gasteiger partial charge in [0.2, 0.25) is 0 Å². The topological polar surface area (TPSA) is 57.7 Å². The van der Waals surface area contributed by atoms with Gasteiger partial charge in [-0.2, -0.15) is 14.0 Å². The molecule has 314 valence electrons. The van der Waals surface area contributed by atoms with E-state index in [-0.39, 0.29) is 0 Å². The van der Waals surface area contributed by atoms with E-state index in [2.05, 4.69) is 210 Å². The van der Waals surface area contributed by atoms with Gasteiger partial charge in [-0.15, -0.1) is 0 Å². The second-order valence-electron chi connectivity index (χ2n) is 16.5. The number of aromatic nitrogens is 3. The lowest BCUT2D eigenvalue weighted by Crippen LogP contribution is -2.11. The molecule has 0 unspecified atom stereocenters. The lowest BCUT2D eigenvalue weighted by atomic mass is 9.90. The van der Waals surface area contributed by atoms with Crippen LogP contribution in [-0.2, 0) is 0 Å². The van der Waals surface area contributed by atoms with Gasteiger partial charge in [-0.3, -0.25) is 0 Å². The Morgan fingerprint density at radius 2 is 1.00 bits per heavy atom. The predicted octanol–water partition coefficient (Wildman–Crippen LogP) is 16.2. The summed E-state index contributed by atoms with van der Waals surface area (Å²) in [4.78, 5) is 2.25. The third-order valence-electron chi connectivity index (χ3n) is 12.7. The lowest BCUT2D eigenvalue weighted by Gasteiger charge is -2.26. The Bertz CT molecular complexity index is 3790. The molecule has 0 atom stereocenters. The zero-order valence-electron chi connectivity index (χ0n) is 36.2. The van der Waals surface area contributed by atoms with Crippen molar-refractivity contribution in [2.45, 2.75) is 0 Å². The molecule has 0 saturated carbocycles. The number of hydrogen-bond acceptors (Lipinski definition) is 5. The van der Waals surface area contributed by atoms with Crippen LogP contribution in [0.5, 0.6) is 0 Å². The fourth-order valence-corrected chi connectivity index (χ4v) is 10.3. The van der Waals surface area contributed by atoms with Crippen LogP contribution in [-0.4, -0.2) is 13.3 Å². The molecule has 2 aromatic heterocycles. The Labute approximate surface area is 392 Å². The molecule has 0 saturated heterocycles. The fourth-order valence-electron chi connectivity index (χ4n) is 9.70. The molecule has 0 amide bonds. The molecule has 0 spiro atoms. The SMILES string of the molecule is N#CC(=C(c1ccccc1)c1ccccc1)c1ccc(N(c2ccc(-c3ccccc3)cc2)c2ccc(-c3cccc4c5ccc6ccccc6c5n(-c5ccccc5)c34)c3nsnc23)cc1. The van der Waals surface area contributed by atoms with Crippen LogP contribution in [0.4, 0.5) is 17.1 Å². The Morgan fingerprint density at radius 1 is 0.433 bits per heavy atom. The van der Waals surface area contributed by atoms with Crippen LogP contribution in [0.1, 0.15) is 16.7 Å². The van der Waals surface area contributed by atoms with Crippen molar-refractivity contribution in [2.24, 2.45) is 0 Å². The quantitative estimate of drug-likeness (QED) is 0.107. The molecule has 10 aromatic carbocycles. The van der Waals surface area contributed by atoms with Crippen LogP contribution in [0.3, 0.4) is 0 Å². The van der Waals surface area contributed by atoms with Gasteiger partial charge in [0.25, 0.3) is 0 Å². The number of benzene rings is 10.